The van der Waals surface area contributed by atoms with Crippen LogP contribution in [0.15, 0.2) is 30.3 Å². The molecule has 0 aliphatic carbocycles. The molecule has 1 aromatic carbocycles. The molecular formula is C13H19NO. The smallest absolute Gasteiger partial charge is 0.116 e. The summed E-state index contributed by atoms with van der Waals surface area (Å²) in [5, 5.41) is 0. The van der Waals surface area contributed by atoms with Crippen molar-refractivity contribution in [2.24, 2.45) is 0 Å². The number of nitrogens with zero attached hydrogens (tertiary/aromatic N) is 1. The second kappa shape index (κ2) is 3.62. The van der Waals surface area contributed by atoms with Gasteiger partial charge in [0.05, 0.1) is 12.1 Å². The summed E-state index contributed by atoms with van der Waals surface area (Å²) in [6, 6.07) is 10.9. The molecule has 2 nitrogen and oxygen atoms in total. The van der Waals surface area contributed by atoms with Crippen LogP contribution in [0.1, 0.15) is 32.4 Å². The average Bonchev–Trinajstić information content (AvgIpc) is 2.38. The van der Waals surface area contributed by atoms with Crippen LogP contribution in [-0.2, 0) is 4.74 Å². The molecule has 82 valence electrons. The van der Waals surface area contributed by atoms with E-state index in [1.165, 1.54) is 5.56 Å². The van der Waals surface area contributed by atoms with Crippen LogP contribution in [0.25, 0.3) is 0 Å². The highest BCUT2D eigenvalue weighted by Crippen LogP contribution is 2.39. The number of ether oxygens (including phenoxy) is 1. The van der Waals surface area contributed by atoms with Gasteiger partial charge in [0.2, 0.25) is 0 Å². The Kier molecular flexibility index (Phi) is 2.57. The predicted molar refractivity (Wildman–Crippen MR) is 61.6 cm³/mol. The first-order chi connectivity index (χ1) is 7.02. The van der Waals surface area contributed by atoms with Crippen LogP contribution in [0.4, 0.5) is 0 Å². The second-order valence-electron chi connectivity index (χ2n) is 4.74. The molecule has 2 heteroatoms. The van der Waals surface area contributed by atoms with E-state index in [0.29, 0.717) is 6.04 Å². The first kappa shape index (κ1) is 10.7. The quantitative estimate of drug-likeness (QED) is 0.699. The van der Waals surface area contributed by atoms with Gasteiger partial charge in [-0.3, -0.25) is 4.90 Å². The second-order valence-corrected chi connectivity index (χ2v) is 4.74. The summed E-state index contributed by atoms with van der Waals surface area (Å²) in [4.78, 5) is 2.30. The summed E-state index contributed by atoms with van der Waals surface area (Å²) in [6.07, 6.45) is 0.243. The minimum Gasteiger partial charge on any atom is -0.356 e. The molecule has 0 N–H and O–H groups in total. The lowest BCUT2D eigenvalue weighted by Crippen LogP contribution is -2.37. The van der Waals surface area contributed by atoms with Gasteiger partial charge in [-0.25, -0.2) is 0 Å². The van der Waals surface area contributed by atoms with Gasteiger partial charge in [0.25, 0.3) is 0 Å². The van der Waals surface area contributed by atoms with Crippen LogP contribution in [0.5, 0.6) is 0 Å². The van der Waals surface area contributed by atoms with Crippen LogP contribution in [0, 0.1) is 0 Å². The topological polar surface area (TPSA) is 12.5 Å². The van der Waals surface area contributed by atoms with Gasteiger partial charge in [0.1, 0.15) is 5.72 Å². The van der Waals surface area contributed by atoms with E-state index in [9.17, 15) is 0 Å². The van der Waals surface area contributed by atoms with Gasteiger partial charge in [-0.05, 0) is 33.4 Å². The Hall–Kier alpha value is -0.860. The zero-order valence-electron chi connectivity index (χ0n) is 9.90. The lowest BCUT2D eigenvalue weighted by molar-refractivity contribution is -0.0627. The molecule has 1 unspecified atom stereocenters. The molecule has 2 rings (SSSR count). The van der Waals surface area contributed by atoms with Gasteiger partial charge in [-0.2, -0.15) is 0 Å². The van der Waals surface area contributed by atoms with Gasteiger partial charge in [-0.1, -0.05) is 30.3 Å². The summed E-state index contributed by atoms with van der Waals surface area (Å²) in [5.74, 6) is 0. The van der Waals surface area contributed by atoms with Crippen LogP contribution in [-0.4, -0.2) is 23.8 Å². The maximum Gasteiger partial charge on any atom is 0.116 e. The van der Waals surface area contributed by atoms with Gasteiger partial charge >= 0.3 is 0 Å². The normalized spacial score (nSPS) is 30.7. The molecule has 2 atom stereocenters. The zero-order valence-corrected chi connectivity index (χ0v) is 9.90. The van der Waals surface area contributed by atoms with E-state index in [1.807, 2.05) is 0 Å². The highest BCUT2D eigenvalue weighted by molar-refractivity contribution is 5.21. The van der Waals surface area contributed by atoms with Crippen molar-refractivity contribution in [2.75, 3.05) is 7.05 Å². The largest absolute Gasteiger partial charge is 0.356 e. The summed E-state index contributed by atoms with van der Waals surface area (Å²) in [6.45, 7) is 6.38. The van der Waals surface area contributed by atoms with Crippen LogP contribution >= 0.6 is 0 Å². The summed E-state index contributed by atoms with van der Waals surface area (Å²) >= 11 is 0. The van der Waals surface area contributed by atoms with Crippen LogP contribution in [0.2, 0.25) is 0 Å². The van der Waals surface area contributed by atoms with E-state index in [4.69, 9.17) is 4.74 Å². The third kappa shape index (κ3) is 1.80. The van der Waals surface area contributed by atoms with Crippen molar-refractivity contribution in [3.05, 3.63) is 35.9 Å². The lowest BCUT2D eigenvalue weighted by atomic mass is 10.0. The third-order valence-electron chi connectivity index (χ3n) is 3.33. The SMILES string of the molecule is CC1OC(C)(C)N(C)[C@H]1c1ccccc1. The van der Waals surface area contributed by atoms with Crippen LogP contribution in [0.3, 0.4) is 0 Å². The van der Waals surface area contributed by atoms with Crippen molar-refractivity contribution in [3.63, 3.8) is 0 Å². The van der Waals surface area contributed by atoms with E-state index in [1.54, 1.807) is 0 Å². The van der Waals surface area contributed by atoms with Gasteiger partial charge in [0, 0.05) is 0 Å². The minimum absolute atomic E-state index is 0.167. The highest BCUT2D eigenvalue weighted by Gasteiger charge is 2.43. The van der Waals surface area contributed by atoms with E-state index in [0.717, 1.165) is 0 Å². The van der Waals surface area contributed by atoms with Crippen molar-refractivity contribution in [3.8, 4) is 0 Å². The Morgan fingerprint density at radius 1 is 1.20 bits per heavy atom. The Morgan fingerprint density at radius 2 is 1.80 bits per heavy atom. The minimum atomic E-state index is -0.167. The number of benzene rings is 1. The monoisotopic (exact) mass is 205 g/mol. The van der Waals surface area contributed by atoms with Crippen molar-refractivity contribution in [1.82, 2.24) is 4.90 Å². The fourth-order valence-electron chi connectivity index (χ4n) is 2.40. The third-order valence-corrected chi connectivity index (χ3v) is 3.33. The number of likely N-dealkylation sites (N-methyl/N-ethyl adjacent to an activating group) is 1. The lowest BCUT2D eigenvalue weighted by Gasteiger charge is -2.29. The van der Waals surface area contributed by atoms with E-state index >= 15 is 0 Å². The standard InChI is InChI=1S/C13H19NO/c1-10-12(11-8-6-5-7-9-11)14(4)13(2,3)15-10/h5-10,12H,1-4H3/t10?,12-/m1/s1. The maximum atomic E-state index is 5.95. The molecule has 1 aliphatic heterocycles. The first-order valence-electron chi connectivity index (χ1n) is 5.48. The summed E-state index contributed by atoms with van der Waals surface area (Å²) < 4.78 is 5.95. The molecule has 0 bridgehead atoms. The first-order valence-corrected chi connectivity index (χ1v) is 5.48. The molecule has 0 radical (unpaired) electrons. The molecule has 1 aliphatic rings. The van der Waals surface area contributed by atoms with Gasteiger partial charge in [-0.15, -0.1) is 0 Å². The molecule has 0 saturated carbocycles. The van der Waals surface area contributed by atoms with Crippen molar-refractivity contribution in [2.45, 2.75) is 38.6 Å². The Labute approximate surface area is 91.9 Å². The van der Waals surface area contributed by atoms with Gasteiger partial charge in [0.15, 0.2) is 0 Å². The predicted octanol–water partition coefficient (Wildman–Crippen LogP) is 2.81. The average molecular weight is 205 g/mol. The van der Waals surface area contributed by atoms with E-state index < -0.39 is 0 Å². The fourth-order valence-corrected chi connectivity index (χ4v) is 2.40. The molecule has 0 amide bonds. The Morgan fingerprint density at radius 3 is 2.27 bits per heavy atom. The number of hydrogen-bond acceptors (Lipinski definition) is 2. The highest BCUT2D eigenvalue weighted by atomic mass is 16.5. The van der Waals surface area contributed by atoms with Crippen molar-refractivity contribution < 1.29 is 4.74 Å². The van der Waals surface area contributed by atoms with Gasteiger partial charge < -0.3 is 4.74 Å². The molecule has 1 heterocycles. The molecule has 1 aromatic rings. The molecule has 1 saturated heterocycles. The Balaban J connectivity index is 2.31. The molecule has 0 aromatic heterocycles. The van der Waals surface area contributed by atoms with Crippen molar-refractivity contribution >= 4 is 0 Å². The van der Waals surface area contributed by atoms with E-state index in [2.05, 4.69) is 63.1 Å². The molecule has 1 fully saturated rings. The number of hydrogen-bond donors (Lipinski definition) is 0. The van der Waals surface area contributed by atoms with Crippen LogP contribution < -0.4 is 0 Å². The summed E-state index contributed by atoms with van der Waals surface area (Å²) in [5.41, 5.74) is 1.16. The van der Waals surface area contributed by atoms with E-state index in [-0.39, 0.29) is 11.8 Å². The molecule has 0 spiro atoms. The fraction of sp³-hybridized carbons (Fsp3) is 0.538. The summed E-state index contributed by atoms with van der Waals surface area (Å²) in [7, 11) is 2.13. The Bertz CT molecular complexity index is 334. The zero-order chi connectivity index (χ0) is 11.1. The molecule has 15 heavy (non-hydrogen) atoms. The van der Waals surface area contributed by atoms with Crippen molar-refractivity contribution in [1.29, 1.82) is 0 Å². The number of rotatable bonds is 1. The maximum absolute atomic E-state index is 5.95. The molecular weight excluding hydrogens is 186 g/mol.